The lowest BCUT2D eigenvalue weighted by Crippen LogP contribution is -2.26. The Bertz CT molecular complexity index is 795. The Kier molecular flexibility index (Phi) is 4.91. The second-order valence-corrected chi connectivity index (χ2v) is 5.39. The summed E-state index contributed by atoms with van der Waals surface area (Å²) in [5.74, 6) is 0.671. The van der Waals surface area contributed by atoms with E-state index in [-0.39, 0.29) is 5.91 Å². The van der Waals surface area contributed by atoms with Crippen molar-refractivity contribution in [3.63, 3.8) is 0 Å². The number of benzene rings is 2. The van der Waals surface area contributed by atoms with Crippen LogP contribution < -0.4 is 10.1 Å². The molecule has 0 atom stereocenters. The molecule has 1 aromatic heterocycles. The molecule has 0 aliphatic rings. The summed E-state index contributed by atoms with van der Waals surface area (Å²) in [4.78, 5) is 12.4. The number of methoxy groups -OCH3 is 1. The Hall–Kier alpha value is -3.08. The molecule has 0 fully saturated rings. The van der Waals surface area contributed by atoms with Gasteiger partial charge in [0.05, 0.1) is 13.7 Å². The molecule has 0 radical (unpaired) electrons. The number of nitrogens with zero attached hydrogens (tertiary/aromatic N) is 2. The van der Waals surface area contributed by atoms with Gasteiger partial charge >= 0.3 is 0 Å². The monoisotopic (exact) mass is 321 g/mol. The average Bonchev–Trinajstić information content (AvgIpc) is 3.09. The van der Waals surface area contributed by atoms with E-state index in [9.17, 15) is 4.79 Å². The second-order valence-electron chi connectivity index (χ2n) is 5.39. The Morgan fingerprint density at radius 3 is 2.50 bits per heavy atom. The summed E-state index contributed by atoms with van der Waals surface area (Å²) >= 11 is 0. The number of rotatable bonds is 6. The third kappa shape index (κ3) is 3.81. The van der Waals surface area contributed by atoms with E-state index in [1.807, 2.05) is 54.6 Å². The molecule has 122 valence electrons. The van der Waals surface area contributed by atoms with Crippen LogP contribution in [-0.2, 0) is 13.1 Å². The van der Waals surface area contributed by atoms with Gasteiger partial charge in [-0.2, -0.15) is 5.10 Å². The lowest BCUT2D eigenvalue weighted by molar-refractivity contribution is 0.0940. The van der Waals surface area contributed by atoms with Crippen LogP contribution in [0.15, 0.2) is 66.9 Å². The Morgan fingerprint density at radius 2 is 1.79 bits per heavy atom. The molecule has 5 heteroatoms. The molecule has 0 aliphatic carbocycles. The van der Waals surface area contributed by atoms with E-state index in [1.54, 1.807) is 24.1 Å². The predicted molar refractivity (Wildman–Crippen MR) is 91.9 cm³/mol. The van der Waals surface area contributed by atoms with Crippen molar-refractivity contribution in [2.24, 2.45) is 0 Å². The van der Waals surface area contributed by atoms with Gasteiger partial charge in [0, 0.05) is 12.7 Å². The lowest BCUT2D eigenvalue weighted by atomic mass is 10.2. The molecular weight excluding hydrogens is 302 g/mol. The third-order valence-electron chi connectivity index (χ3n) is 3.74. The molecule has 1 heterocycles. The van der Waals surface area contributed by atoms with Crippen LogP contribution in [0.3, 0.4) is 0 Å². The first-order valence-electron chi connectivity index (χ1n) is 7.73. The van der Waals surface area contributed by atoms with E-state index in [1.165, 1.54) is 0 Å². The van der Waals surface area contributed by atoms with Crippen LogP contribution in [-0.4, -0.2) is 22.8 Å². The molecular formula is C19H19N3O2. The van der Waals surface area contributed by atoms with Gasteiger partial charge in [-0.25, -0.2) is 0 Å². The molecule has 1 amide bonds. The maximum Gasteiger partial charge on any atom is 0.269 e. The van der Waals surface area contributed by atoms with Crippen molar-refractivity contribution in [3.8, 4) is 5.75 Å². The Morgan fingerprint density at radius 1 is 1.04 bits per heavy atom. The lowest BCUT2D eigenvalue weighted by Gasteiger charge is -2.09. The molecule has 0 saturated carbocycles. The average molecular weight is 321 g/mol. The number of aromatic nitrogens is 2. The van der Waals surface area contributed by atoms with Crippen LogP contribution in [0.4, 0.5) is 0 Å². The normalized spacial score (nSPS) is 10.4. The standard InChI is InChI=1S/C19H19N3O2/c1-24-17-9-7-16(8-10-17)14-22-18(11-12-21-22)19(23)20-13-15-5-3-2-4-6-15/h2-12H,13-14H2,1H3,(H,20,23). The summed E-state index contributed by atoms with van der Waals surface area (Å²) in [5, 5.41) is 7.18. The molecule has 0 unspecified atom stereocenters. The second kappa shape index (κ2) is 7.46. The first-order valence-corrected chi connectivity index (χ1v) is 7.73. The smallest absolute Gasteiger partial charge is 0.269 e. The van der Waals surface area contributed by atoms with Gasteiger partial charge in [-0.15, -0.1) is 0 Å². The van der Waals surface area contributed by atoms with Gasteiger partial charge in [-0.3, -0.25) is 9.48 Å². The molecule has 2 aromatic carbocycles. The van der Waals surface area contributed by atoms with E-state index >= 15 is 0 Å². The number of hydrogen-bond acceptors (Lipinski definition) is 3. The number of carbonyl (C=O) groups is 1. The van der Waals surface area contributed by atoms with Crippen molar-refractivity contribution in [2.75, 3.05) is 7.11 Å². The largest absolute Gasteiger partial charge is 0.497 e. The fourth-order valence-electron chi connectivity index (χ4n) is 2.42. The predicted octanol–water partition coefficient (Wildman–Crippen LogP) is 2.87. The summed E-state index contributed by atoms with van der Waals surface area (Å²) in [6.07, 6.45) is 1.64. The summed E-state index contributed by atoms with van der Waals surface area (Å²) in [7, 11) is 1.64. The van der Waals surface area contributed by atoms with Crippen LogP contribution in [0.2, 0.25) is 0 Å². The minimum Gasteiger partial charge on any atom is -0.497 e. The molecule has 5 nitrogen and oxygen atoms in total. The van der Waals surface area contributed by atoms with Gasteiger partial charge in [0.2, 0.25) is 0 Å². The summed E-state index contributed by atoms with van der Waals surface area (Å²) in [6.45, 7) is 1.03. The Balaban J connectivity index is 1.66. The van der Waals surface area contributed by atoms with Gasteiger partial charge in [0.15, 0.2) is 0 Å². The zero-order chi connectivity index (χ0) is 16.8. The van der Waals surface area contributed by atoms with E-state index in [4.69, 9.17) is 4.74 Å². The number of carbonyl (C=O) groups excluding carboxylic acids is 1. The highest BCUT2D eigenvalue weighted by Crippen LogP contribution is 2.13. The fraction of sp³-hybridized carbons (Fsp3) is 0.158. The zero-order valence-electron chi connectivity index (χ0n) is 13.5. The van der Waals surface area contributed by atoms with Crippen LogP contribution >= 0.6 is 0 Å². The van der Waals surface area contributed by atoms with Crippen LogP contribution in [0.1, 0.15) is 21.6 Å². The molecule has 24 heavy (non-hydrogen) atoms. The highest BCUT2D eigenvalue weighted by molar-refractivity contribution is 5.92. The topological polar surface area (TPSA) is 56.2 Å². The van der Waals surface area contributed by atoms with Crippen molar-refractivity contribution < 1.29 is 9.53 Å². The third-order valence-corrected chi connectivity index (χ3v) is 3.74. The fourth-order valence-corrected chi connectivity index (χ4v) is 2.42. The molecule has 0 saturated heterocycles. The highest BCUT2D eigenvalue weighted by Gasteiger charge is 2.12. The number of hydrogen-bond donors (Lipinski definition) is 1. The first-order chi connectivity index (χ1) is 11.8. The SMILES string of the molecule is COc1ccc(Cn2nccc2C(=O)NCc2ccccc2)cc1. The molecule has 0 spiro atoms. The van der Waals surface area contributed by atoms with Crippen molar-refractivity contribution in [1.29, 1.82) is 0 Å². The van der Waals surface area contributed by atoms with Gasteiger partial charge in [-0.05, 0) is 29.3 Å². The minimum absolute atomic E-state index is 0.134. The molecule has 3 rings (SSSR count). The van der Waals surface area contributed by atoms with Crippen molar-refractivity contribution in [1.82, 2.24) is 15.1 Å². The van der Waals surface area contributed by atoms with Crippen LogP contribution in [0.25, 0.3) is 0 Å². The minimum atomic E-state index is -0.134. The zero-order valence-corrected chi connectivity index (χ0v) is 13.5. The summed E-state index contributed by atoms with van der Waals surface area (Å²) < 4.78 is 6.85. The van der Waals surface area contributed by atoms with Crippen molar-refractivity contribution >= 4 is 5.91 Å². The van der Waals surface area contributed by atoms with E-state index in [2.05, 4.69) is 10.4 Å². The molecule has 1 N–H and O–H groups in total. The molecule has 0 bridgehead atoms. The van der Waals surface area contributed by atoms with Crippen LogP contribution in [0.5, 0.6) is 5.75 Å². The van der Waals surface area contributed by atoms with Gasteiger partial charge in [0.25, 0.3) is 5.91 Å². The van der Waals surface area contributed by atoms with Gasteiger partial charge < -0.3 is 10.1 Å². The number of ether oxygens (including phenoxy) is 1. The summed E-state index contributed by atoms with van der Waals surface area (Å²) in [6, 6.07) is 19.3. The quantitative estimate of drug-likeness (QED) is 0.759. The van der Waals surface area contributed by atoms with Crippen LogP contribution in [0, 0.1) is 0 Å². The molecule has 0 aliphatic heterocycles. The first kappa shape index (κ1) is 15.8. The van der Waals surface area contributed by atoms with Crippen molar-refractivity contribution in [2.45, 2.75) is 13.1 Å². The van der Waals surface area contributed by atoms with E-state index in [0.29, 0.717) is 18.8 Å². The number of amides is 1. The van der Waals surface area contributed by atoms with Crippen molar-refractivity contribution in [3.05, 3.63) is 83.7 Å². The number of nitrogens with one attached hydrogen (secondary N) is 1. The maximum atomic E-state index is 12.4. The summed E-state index contributed by atoms with van der Waals surface area (Å²) in [5.41, 5.74) is 2.66. The van der Waals surface area contributed by atoms with Gasteiger partial charge in [-0.1, -0.05) is 42.5 Å². The van der Waals surface area contributed by atoms with Gasteiger partial charge in [0.1, 0.15) is 11.4 Å². The highest BCUT2D eigenvalue weighted by atomic mass is 16.5. The molecule has 3 aromatic rings. The van der Waals surface area contributed by atoms with E-state index in [0.717, 1.165) is 16.9 Å². The van der Waals surface area contributed by atoms with E-state index < -0.39 is 0 Å². The maximum absolute atomic E-state index is 12.4. The Labute approximate surface area is 140 Å².